The number of nitrogens with zero attached hydrogens (tertiary/aromatic N) is 3. The van der Waals surface area contributed by atoms with Gasteiger partial charge in [-0.15, -0.1) is 0 Å². The molecule has 1 saturated heterocycles. The number of hydrazone groups is 1. The van der Waals surface area contributed by atoms with E-state index in [1.165, 1.54) is 40.7 Å². The van der Waals surface area contributed by atoms with Gasteiger partial charge in [0.25, 0.3) is 5.91 Å². The predicted octanol–water partition coefficient (Wildman–Crippen LogP) is 5.33. The lowest BCUT2D eigenvalue weighted by Crippen LogP contribution is -2.41. The lowest BCUT2D eigenvalue weighted by atomic mass is 9.92. The molecule has 0 saturated carbocycles. The minimum atomic E-state index is -0.0354. The molecule has 2 aromatic rings. The van der Waals surface area contributed by atoms with Gasteiger partial charge in [0.2, 0.25) is 0 Å². The number of hydrogen-bond donors (Lipinski definition) is 0. The van der Waals surface area contributed by atoms with E-state index in [9.17, 15) is 4.79 Å². The molecule has 2 aliphatic rings. The van der Waals surface area contributed by atoms with E-state index >= 15 is 0 Å². The molecule has 1 amide bonds. The highest BCUT2D eigenvalue weighted by atomic mass is 16.2. The molecule has 0 N–H and O–H groups in total. The Balaban J connectivity index is 1.65. The minimum Gasteiger partial charge on any atom is -0.294 e. The van der Waals surface area contributed by atoms with Crippen molar-refractivity contribution in [3.8, 4) is 0 Å². The van der Waals surface area contributed by atoms with Gasteiger partial charge >= 0.3 is 0 Å². The summed E-state index contributed by atoms with van der Waals surface area (Å²) in [6.07, 6.45) is 3.10. The van der Waals surface area contributed by atoms with Gasteiger partial charge in [-0.2, -0.15) is 5.10 Å². The molecule has 2 aromatic carbocycles. The molecule has 4 heteroatoms. The zero-order chi connectivity index (χ0) is 22.1. The van der Waals surface area contributed by atoms with E-state index in [2.05, 4.69) is 75.9 Å². The van der Waals surface area contributed by atoms with E-state index in [0.717, 1.165) is 36.7 Å². The Bertz CT molecular complexity index is 1000. The maximum atomic E-state index is 13.5. The average Bonchev–Trinajstić information content (AvgIpc) is 3.16. The molecule has 1 fully saturated rings. The van der Waals surface area contributed by atoms with E-state index in [-0.39, 0.29) is 11.9 Å². The van der Waals surface area contributed by atoms with Crippen molar-refractivity contribution < 1.29 is 4.79 Å². The Morgan fingerprint density at radius 2 is 1.65 bits per heavy atom. The first-order chi connectivity index (χ1) is 14.8. The van der Waals surface area contributed by atoms with Gasteiger partial charge in [-0.1, -0.05) is 54.4 Å². The Morgan fingerprint density at radius 1 is 0.968 bits per heavy atom. The molecule has 0 spiro atoms. The number of rotatable bonds is 4. The minimum absolute atomic E-state index is 0.0354. The summed E-state index contributed by atoms with van der Waals surface area (Å²) in [5.74, 6) is 0.871. The van der Waals surface area contributed by atoms with Crippen molar-refractivity contribution in [3.05, 3.63) is 69.8 Å². The van der Waals surface area contributed by atoms with Gasteiger partial charge in [-0.3, -0.25) is 9.69 Å². The zero-order valence-electron chi connectivity index (χ0n) is 19.6. The van der Waals surface area contributed by atoms with Crippen LogP contribution in [0, 0.1) is 33.6 Å². The first kappa shape index (κ1) is 21.8. The summed E-state index contributed by atoms with van der Waals surface area (Å²) in [6.45, 7) is 13.3. The van der Waals surface area contributed by atoms with Crippen molar-refractivity contribution in [2.45, 2.75) is 59.9 Å². The number of carbonyl (C=O) groups is 1. The van der Waals surface area contributed by atoms with Crippen LogP contribution in [0.4, 0.5) is 0 Å². The highest BCUT2D eigenvalue weighted by Crippen LogP contribution is 2.36. The number of carbonyl (C=O) groups excluding carboxylic acids is 1. The Morgan fingerprint density at radius 3 is 2.35 bits per heavy atom. The smallest absolute Gasteiger partial charge is 0.257 e. The summed E-state index contributed by atoms with van der Waals surface area (Å²) in [7, 11) is 0. The summed E-state index contributed by atoms with van der Waals surface area (Å²) in [5, 5.41) is 6.72. The summed E-state index contributed by atoms with van der Waals surface area (Å²) >= 11 is 0. The molecule has 0 bridgehead atoms. The molecule has 0 aliphatic carbocycles. The maximum Gasteiger partial charge on any atom is 0.257 e. The summed E-state index contributed by atoms with van der Waals surface area (Å²) in [5.41, 5.74) is 8.29. The van der Waals surface area contributed by atoms with Crippen LogP contribution in [0.1, 0.15) is 65.6 Å². The zero-order valence-corrected chi connectivity index (χ0v) is 19.6. The SMILES string of the molecule is Cc1ccc(C2=NN(C(=O)CN3CCC(C)CC3)[C@H](c3cc(C)ccc3C)C2)c(C)c1. The molecule has 31 heavy (non-hydrogen) atoms. The van der Waals surface area contributed by atoms with Crippen molar-refractivity contribution in [2.24, 2.45) is 11.0 Å². The first-order valence-corrected chi connectivity index (χ1v) is 11.6. The molecule has 2 aliphatic heterocycles. The molecule has 2 heterocycles. The monoisotopic (exact) mass is 417 g/mol. The first-order valence-electron chi connectivity index (χ1n) is 11.6. The van der Waals surface area contributed by atoms with Crippen molar-refractivity contribution in [1.82, 2.24) is 9.91 Å². The molecule has 0 radical (unpaired) electrons. The van der Waals surface area contributed by atoms with Gasteiger partial charge in [0.1, 0.15) is 0 Å². The molecular weight excluding hydrogens is 382 g/mol. The molecular formula is C27H35N3O. The van der Waals surface area contributed by atoms with Crippen LogP contribution in [0.2, 0.25) is 0 Å². The third-order valence-electron chi connectivity index (χ3n) is 6.89. The van der Waals surface area contributed by atoms with Gasteiger partial charge in [-0.05, 0) is 76.2 Å². The van der Waals surface area contributed by atoms with Crippen LogP contribution in [0.3, 0.4) is 0 Å². The second-order valence-corrected chi connectivity index (χ2v) is 9.64. The van der Waals surface area contributed by atoms with Gasteiger partial charge < -0.3 is 0 Å². The average molecular weight is 418 g/mol. The lowest BCUT2D eigenvalue weighted by Gasteiger charge is -2.31. The predicted molar refractivity (Wildman–Crippen MR) is 127 cm³/mol. The van der Waals surface area contributed by atoms with Crippen LogP contribution >= 0.6 is 0 Å². The van der Waals surface area contributed by atoms with Gasteiger partial charge in [0, 0.05) is 12.0 Å². The van der Waals surface area contributed by atoms with Gasteiger partial charge in [-0.25, -0.2) is 5.01 Å². The highest BCUT2D eigenvalue weighted by molar-refractivity contribution is 6.04. The molecule has 1 atom stereocenters. The number of likely N-dealkylation sites (tertiary alicyclic amines) is 1. The van der Waals surface area contributed by atoms with Crippen LogP contribution < -0.4 is 0 Å². The largest absolute Gasteiger partial charge is 0.294 e. The van der Waals surface area contributed by atoms with Gasteiger partial charge in [0.15, 0.2) is 0 Å². The quantitative estimate of drug-likeness (QED) is 0.674. The fourth-order valence-electron chi connectivity index (χ4n) is 4.89. The molecule has 0 unspecified atom stereocenters. The standard InChI is InChI=1S/C27H35N3O/c1-18-10-12-29(13-11-18)17-27(31)30-26(24-15-20(3)6-8-21(24)4)16-25(28-30)23-9-7-19(2)14-22(23)5/h6-9,14-15,18,26H,10-13,16-17H2,1-5H3/t26-/m0/s1. The van der Waals surface area contributed by atoms with Crippen molar-refractivity contribution in [2.75, 3.05) is 19.6 Å². The molecule has 0 aromatic heterocycles. The third-order valence-corrected chi connectivity index (χ3v) is 6.89. The highest BCUT2D eigenvalue weighted by Gasteiger charge is 2.35. The van der Waals surface area contributed by atoms with E-state index in [1.54, 1.807) is 5.01 Å². The maximum absolute atomic E-state index is 13.5. The van der Waals surface area contributed by atoms with Crippen LogP contribution in [-0.4, -0.2) is 41.2 Å². The van der Waals surface area contributed by atoms with Crippen LogP contribution in [-0.2, 0) is 4.79 Å². The third kappa shape index (κ3) is 4.74. The number of amides is 1. The topological polar surface area (TPSA) is 35.9 Å². The second kappa shape index (κ2) is 8.96. The van der Waals surface area contributed by atoms with Gasteiger partial charge in [0.05, 0.1) is 18.3 Å². The number of benzene rings is 2. The number of aryl methyl sites for hydroxylation is 4. The van der Waals surface area contributed by atoms with Crippen molar-refractivity contribution in [3.63, 3.8) is 0 Å². The Kier molecular flexibility index (Phi) is 6.29. The van der Waals surface area contributed by atoms with Crippen LogP contribution in [0.5, 0.6) is 0 Å². The van der Waals surface area contributed by atoms with E-state index < -0.39 is 0 Å². The fourth-order valence-corrected chi connectivity index (χ4v) is 4.89. The lowest BCUT2D eigenvalue weighted by molar-refractivity contribution is -0.134. The fraction of sp³-hybridized carbons (Fsp3) is 0.481. The second-order valence-electron chi connectivity index (χ2n) is 9.64. The summed E-state index contributed by atoms with van der Waals surface area (Å²) in [6, 6.07) is 13.0. The number of hydrogen-bond acceptors (Lipinski definition) is 3. The van der Waals surface area contributed by atoms with E-state index in [0.29, 0.717) is 6.54 Å². The van der Waals surface area contributed by atoms with E-state index in [4.69, 9.17) is 5.10 Å². The van der Waals surface area contributed by atoms with Crippen LogP contribution in [0.25, 0.3) is 0 Å². The molecule has 4 nitrogen and oxygen atoms in total. The molecule has 4 rings (SSSR count). The van der Waals surface area contributed by atoms with Crippen molar-refractivity contribution in [1.29, 1.82) is 0 Å². The summed E-state index contributed by atoms with van der Waals surface area (Å²) in [4.78, 5) is 15.8. The van der Waals surface area contributed by atoms with Crippen molar-refractivity contribution >= 4 is 11.6 Å². The summed E-state index contributed by atoms with van der Waals surface area (Å²) < 4.78 is 0. The molecule has 164 valence electrons. The normalized spacial score (nSPS) is 20.2. The number of piperidine rings is 1. The Hall–Kier alpha value is -2.46. The van der Waals surface area contributed by atoms with Crippen LogP contribution in [0.15, 0.2) is 41.5 Å². The van der Waals surface area contributed by atoms with E-state index in [1.807, 2.05) is 0 Å². The Labute approximate surface area is 186 Å².